The average molecular weight is 396 g/mol. The third-order valence-corrected chi connectivity index (χ3v) is 5.76. The van der Waals surface area contributed by atoms with Gasteiger partial charge in [0.1, 0.15) is 5.75 Å². The fourth-order valence-electron chi connectivity index (χ4n) is 3.69. The van der Waals surface area contributed by atoms with Crippen LogP contribution in [0.5, 0.6) is 5.75 Å². The van der Waals surface area contributed by atoms with Crippen LogP contribution in [0.25, 0.3) is 0 Å². The number of hydrogen-bond acceptors (Lipinski definition) is 2. The predicted molar refractivity (Wildman–Crippen MR) is 125 cm³/mol. The van der Waals surface area contributed by atoms with E-state index in [0.29, 0.717) is 5.92 Å². The second kappa shape index (κ2) is 14.2. The van der Waals surface area contributed by atoms with E-state index >= 15 is 0 Å². The number of hydrogen-bond donors (Lipinski definition) is 0. The number of unbranched alkanes of at least 4 members (excludes halogenated alkanes) is 8. The highest BCUT2D eigenvalue weighted by Gasteiger charge is 2.10. The first-order valence-electron chi connectivity index (χ1n) is 11.9. The Morgan fingerprint density at radius 3 is 2.07 bits per heavy atom. The maximum atomic E-state index is 5.82. The van der Waals surface area contributed by atoms with Crippen LogP contribution >= 0.6 is 0 Å². The van der Waals surface area contributed by atoms with Gasteiger partial charge in [-0.25, -0.2) is 0 Å². The molecule has 0 N–H and O–H groups in total. The smallest absolute Gasteiger partial charge is 0.119 e. The SMILES string of the molecule is CCCCCCCCCc1ccc(C(C)c2ccc(OCCCCC)cc2)nc1. The first-order chi connectivity index (χ1) is 14.2. The molecule has 1 unspecified atom stereocenters. The summed E-state index contributed by atoms with van der Waals surface area (Å²) in [5.74, 6) is 1.27. The minimum absolute atomic E-state index is 0.303. The van der Waals surface area contributed by atoms with Gasteiger partial charge in [0.15, 0.2) is 0 Å². The van der Waals surface area contributed by atoms with Crippen LogP contribution in [0.4, 0.5) is 0 Å². The minimum atomic E-state index is 0.303. The van der Waals surface area contributed by atoms with E-state index in [4.69, 9.17) is 9.72 Å². The van der Waals surface area contributed by atoms with Gasteiger partial charge in [-0.05, 0) is 48.6 Å². The molecule has 1 atom stereocenters. The quantitative estimate of drug-likeness (QED) is 0.284. The molecule has 2 heteroatoms. The molecule has 0 saturated carbocycles. The Bertz CT molecular complexity index is 647. The summed E-state index contributed by atoms with van der Waals surface area (Å²) < 4.78 is 5.82. The summed E-state index contributed by atoms with van der Waals surface area (Å²) in [5, 5.41) is 0. The molecule has 1 aromatic carbocycles. The van der Waals surface area contributed by atoms with Crippen LogP contribution < -0.4 is 4.74 Å². The van der Waals surface area contributed by atoms with Gasteiger partial charge in [0.25, 0.3) is 0 Å². The highest BCUT2D eigenvalue weighted by Crippen LogP contribution is 2.25. The van der Waals surface area contributed by atoms with Crippen molar-refractivity contribution in [3.8, 4) is 5.75 Å². The van der Waals surface area contributed by atoms with E-state index in [1.165, 1.54) is 68.9 Å². The zero-order chi connectivity index (χ0) is 20.7. The van der Waals surface area contributed by atoms with E-state index in [1.54, 1.807) is 0 Å². The molecule has 160 valence electrons. The van der Waals surface area contributed by atoms with Crippen molar-refractivity contribution >= 4 is 0 Å². The summed E-state index contributed by atoms with van der Waals surface area (Å²) in [5.41, 5.74) is 3.80. The molecule has 1 heterocycles. The molecular formula is C27H41NO. The Morgan fingerprint density at radius 1 is 0.759 bits per heavy atom. The van der Waals surface area contributed by atoms with Crippen LogP contribution in [0, 0.1) is 0 Å². The molecule has 29 heavy (non-hydrogen) atoms. The van der Waals surface area contributed by atoms with Crippen molar-refractivity contribution in [3.05, 3.63) is 59.4 Å². The second-order valence-corrected chi connectivity index (χ2v) is 8.31. The van der Waals surface area contributed by atoms with Gasteiger partial charge in [-0.2, -0.15) is 0 Å². The highest BCUT2D eigenvalue weighted by molar-refractivity contribution is 5.33. The number of pyridine rings is 1. The molecule has 2 rings (SSSR count). The summed E-state index contributed by atoms with van der Waals surface area (Å²) in [7, 11) is 0. The third-order valence-electron chi connectivity index (χ3n) is 5.76. The summed E-state index contributed by atoms with van der Waals surface area (Å²) in [6, 6.07) is 13.0. The van der Waals surface area contributed by atoms with E-state index in [-0.39, 0.29) is 0 Å². The van der Waals surface area contributed by atoms with Crippen LogP contribution in [-0.4, -0.2) is 11.6 Å². The van der Waals surface area contributed by atoms with E-state index in [9.17, 15) is 0 Å². The van der Waals surface area contributed by atoms with Crippen molar-refractivity contribution in [2.75, 3.05) is 6.61 Å². The fraction of sp³-hybridized carbons (Fsp3) is 0.593. The number of rotatable bonds is 15. The lowest BCUT2D eigenvalue weighted by Gasteiger charge is -2.13. The number of nitrogens with zero attached hydrogens (tertiary/aromatic N) is 1. The normalized spacial score (nSPS) is 12.1. The molecule has 2 nitrogen and oxygen atoms in total. The minimum Gasteiger partial charge on any atom is -0.494 e. The first kappa shape index (κ1) is 23.4. The van der Waals surface area contributed by atoms with Gasteiger partial charge in [-0.3, -0.25) is 4.98 Å². The molecule has 0 aliphatic rings. The lowest BCUT2D eigenvalue weighted by Crippen LogP contribution is -2.01. The van der Waals surface area contributed by atoms with Crippen LogP contribution in [0.2, 0.25) is 0 Å². The number of ether oxygens (including phenoxy) is 1. The lowest BCUT2D eigenvalue weighted by atomic mass is 9.96. The van der Waals surface area contributed by atoms with Crippen LogP contribution in [-0.2, 0) is 6.42 Å². The molecule has 0 bridgehead atoms. The summed E-state index contributed by atoms with van der Waals surface area (Å²) in [6.45, 7) is 7.53. The van der Waals surface area contributed by atoms with Crippen molar-refractivity contribution in [1.29, 1.82) is 0 Å². The summed E-state index contributed by atoms with van der Waals surface area (Å²) >= 11 is 0. The summed E-state index contributed by atoms with van der Waals surface area (Å²) in [6.07, 6.45) is 16.3. The lowest BCUT2D eigenvalue weighted by molar-refractivity contribution is 0.306. The Labute approximate surface area is 179 Å². The van der Waals surface area contributed by atoms with Crippen molar-refractivity contribution in [3.63, 3.8) is 0 Å². The highest BCUT2D eigenvalue weighted by atomic mass is 16.5. The fourth-order valence-corrected chi connectivity index (χ4v) is 3.69. The first-order valence-corrected chi connectivity index (χ1v) is 11.9. The van der Waals surface area contributed by atoms with Crippen molar-refractivity contribution in [2.45, 2.75) is 97.3 Å². The maximum Gasteiger partial charge on any atom is 0.119 e. The zero-order valence-corrected chi connectivity index (χ0v) is 19.0. The van der Waals surface area contributed by atoms with Crippen molar-refractivity contribution in [2.24, 2.45) is 0 Å². The Balaban J connectivity index is 1.75. The van der Waals surface area contributed by atoms with Gasteiger partial charge in [-0.1, -0.05) is 90.3 Å². The van der Waals surface area contributed by atoms with Gasteiger partial charge >= 0.3 is 0 Å². The molecule has 0 aliphatic carbocycles. The van der Waals surface area contributed by atoms with E-state index in [0.717, 1.165) is 30.9 Å². The number of aryl methyl sites for hydroxylation is 1. The van der Waals surface area contributed by atoms with Gasteiger partial charge in [0.2, 0.25) is 0 Å². The average Bonchev–Trinajstić information content (AvgIpc) is 2.76. The third kappa shape index (κ3) is 9.02. The molecule has 2 aromatic rings. The van der Waals surface area contributed by atoms with Gasteiger partial charge in [0.05, 0.1) is 6.61 Å². The molecule has 0 fully saturated rings. The van der Waals surface area contributed by atoms with E-state index in [1.807, 2.05) is 0 Å². The Kier molecular flexibility index (Phi) is 11.5. The molecule has 0 radical (unpaired) electrons. The Morgan fingerprint density at radius 2 is 1.41 bits per heavy atom. The largest absolute Gasteiger partial charge is 0.494 e. The molecule has 1 aromatic heterocycles. The molecule has 0 saturated heterocycles. The van der Waals surface area contributed by atoms with Gasteiger partial charge in [0, 0.05) is 17.8 Å². The predicted octanol–water partition coefficient (Wildman–Crippen LogP) is 8.10. The van der Waals surface area contributed by atoms with Gasteiger partial charge < -0.3 is 4.74 Å². The summed E-state index contributed by atoms with van der Waals surface area (Å²) in [4.78, 5) is 4.76. The standard InChI is InChI=1S/C27H41NO/c1-4-6-8-9-10-11-12-14-24-15-20-27(28-22-24)23(3)25-16-18-26(19-17-25)29-21-13-7-5-2/h15-20,22-23H,4-14,21H2,1-3H3. The molecule has 0 amide bonds. The molecule has 0 spiro atoms. The van der Waals surface area contributed by atoms with E-state index in [2.05, 4.69) is 63.4 Å². The Hall–Kier alpha value is -1.83. The van der Waals surface area contributed by atoms with Crippen molar-refractivity contribution in [1.82, 2.24) is 4.98 Å². The molecule has 0 aliphatic heterocycles. The van der Waals surface area contributed by atoms with Crippen LogP contribution in [0.15, 0.2) is 42.6 Å². The van der Waals surface area contributed by atoms with Crippen LogP contribution in [0.3, 0.4) is 0 Å². The van der Waals surface area contributed by atoms with E-state index < -0.39 is 0 Å². The van der Waals surface area contributed by atoms with Crippen molar-refractivity contribution < 1.29 is 4.74 Å². The number of benzene rings is 1. The zero-order valence-electron chi connectivity index (χ0n) is 19.0. The van der Waals surface area contributed by atoms with Crippen LogP contribution in [0.1, 0.15) is 108 Å². The second-order valence-electron chi connectivity index (χ2n) is 8.31. The number of aromatic nitrogens is 1. The molecular weight excluding hydrogens is 354 g/mol. The van der Waals surface area contributed by atoms with Gasteiger partial charge in [-0.15, -0.1) is 0 Å². The monoisotopic (exact) mass is 395 g/mol. The maximum absolute atomic E-state index is 5.82. The topological polar surface area (TPSA) is 22.1 Å².